The summed E-state index contributed by atoms with van der Waals surface area (Å²) >= 11 is 19.3. The number of carbonyl (C=O) groups excluding carboxylic acids is 2. The Morgan fingerprint density at radius 1 is 1.16 bits per heavy atom. The minimum atomic E-state index is -0.381. The van der Waals surface area contributed by atoms with E-state index in [2.05, 4.69) is 5.32 Å². The van der Waals surface area contributed by atoms with Crippen molar-refractivity contribution in [2.45, 2.75) is 19.9 Å². The zero-order chi connectivity index (χ0) is 27.4. The van der Waals surface area contributed by atoms with Gasteiger partial charge in [-0.2, -0.15) is 0 Å². The number of carbonyl (C=O) groups is 2. The summed E-state index contributed by atoms with van der Waals surface area (Å²) in [6.45, 7) is 3.51. The summed E-state index contributed by atoms with van der Waals surface area (Å²) in [4.78, 5) is 27.8. The second-order valence-corrected chi connectivity index (χ2v) is 11.0. The molecule has 1 saturated heterocycles. The molecule has 1 N–H and O–H groups in total. The minimum absolute atomic E-state index is 0.181. The Morgan fingerprint density at radius 2 is 1.89 bits per heavy atom. The van der Waals surface area contributed by atoms with Crippen molar-refractivity contribution >= 4 is 75.1 Å². The summed E-state index contributed by atoms with van der Waals surface area (Å²) in [6.07, 6.45) is 1.71. The number of rotatable bonds is 8. The van der Waals surface area contributed by atoms with Gasteiger partial charge in [0, 0.05) is 10.7 Å². The number of amides is 2. The maximum absolute atomic E-state index is 13.2. The molecule has 6 nitrogen and oxygen atoms in total. The molecule has 0 spiro atoms. The van der Waals surface area contributed by atoms with E-state index in [1.807, 2.05) is 50.2 Å². The van der Waals surface area contributed by atoms with Crippen LogP contribution in [0.4, 0.5) is 5.69 Å². The molecule has 0 aromatic heterocycles. The van der Waals surface area contributed by atoms with E-state index in [1.54, 1.807) is 35.2 Å². The molecule has 1 heterocycles. The quantitative estimate of drug-likeness (QED) is 0.221. The molecule has 1 aliphatic heterocycles. The fourth-order valence-corrected chi connectivity index (χ4v) is 5.73. The van der Waals surface area contributed by atoms with E-state index in [4.69, 9.17) is 44.9 Å². The third-order valence-electron chi connectivity index (χ3n) is 5.86. The molecule has 4 rings (SSSR count). The van der Waals surface area contributed by atoms with E-state index >= 15 is 0 Å². The Hall–Kier alpha value is -3.04. The van der Waals surface area contributed by atoms with Crippen LogP contribution < -0.4 is 14.8 Å². The maximum Gasteiger partial charge on any atom is 0.266 e. The summed E-state index contributed by atoms with van der Waals surface area (Å²) in [5.41, 5.74) is 3.08. The lowest BCUT2D eigenvalue weighted by molar-refractivity contribution is -0.123. The number of thiocarbonyl (C=S) groups is 1. The molecule has 1 atom stereocenters. The molecular formula is C28H24Cl2N2O4S2. The number of hydrogen-bond acceptors (Lipinski definition) is 6. The molecule has 0 radical (unpaired) electrons. The zero-order valence-electron chi connectivity index (χ0n) is 20.8. The fourth-order valence-electron chi connectivity index (χ4n) is 3.86. The van der Waals surface area contributed by atoms with Gasteiger partial charge in [0.25, 0.3) is 11.8 Å². The van der Waals surface area contributed by atoms with E-state index in [1.165, 1.54) is 18.9 Å². The molecule has 1 aliphatic rings. The third-order valence-corrected chi connectivity index (χ3v) is 7.71. The Morgan fingerprint density at radius 3 is 2.61 bits per heavy atom. The van der Waals surface area contributed by atoms with Crippen LogP contribution in [-0.2, 0) is 9.59 Å². The standard InChI is InChI=1S/C28H24Cl2N2O4S2/c1-16-9-10-20(29)14-22(16)31-25(33)15-36-26-21(30)11-18(12-23(26)35-3)13-24-27(34)32(28(37)38-24)17(2)19-7-5-4-6-8-19/h4-14,17H,15H2,1-3H3,(H,31,33)/b24-13-/t17-/m0/s1. The van der Waals surface area contributed by atoms with Gasteiger partial charge in [-0.3, -0.25) is 14.5 Å². The summed E-state index contributed by atoms with van der Waals surface area (Å²) < 4.78 is 11.6. The highest BCUT2D eigenvalue weighted by Gasteiger charge is 2.36. The first-order chi connectivity index (χ1) is 18.2. The minimum Gasteiger partial charge on any atom is -0.493 e. The fraction of sp³-hybridized carbons (Fsp3) is 0.179. The molecule has 2 amide bonds. The SMILES string of the molecule is COc1cc(/C=C2\SC(=S)N([C@@H](C)c3ccccc3)C2=O)cc(Cl)c1OCC(=O)Nc1cc(Cl)ccc1C. The van der Waals surface area contributed by atoms with Gasteiger partial charge in [0.1, 0.15) is 4.32 Å². The molecule has 0 aliphatic carbocycles. The number of benzene rings is 3. The number of halogens is 2. The van der Waals surface area contributed by atoms with Crippen LogP contribution in [0.2, 0.25) is 10.0 Å². The highest BCUT2D eigenvalue weighted by molar-refractivity contribution is 8.26. The normalized spacial score (nSPS) is 15.1. The van der Waals surface area contributed by atoms with Crippen molar-refractivity contribution in [3.8, 4) is 11.5 Å². The van der Waals surface area contributed by atoms with E-state index in [0.29, 0.717) is 31.2 Å². The van der Waals surface area contributed by atoms with Crippen LogP contribution in [0, 0.1) is 6.92 Å². The van der Waals surface area contributed by atoms with E-state index in [0.717, 1.165) is 11.1 Å². The average molecular weight is 588 g/mol. The summed E-state index contributed by atoms with van der Waals surface area (Å²) in [6, 6.07) is 18.1. The van der Waals surface area contributed by atoms with Crippen molar-refractivity contribution in [1.82, 2.24) is 4.90 Å². The predicted octanol–water partition coefficient (Wildman–Crippen LogP) is 7.29. The highest BCUT2D eigenvalue weighted by Crippen LogP contribution is 2.41. The number of aryl methyl sites for hydroxylation is 1. The molecule has 3 aromatic carbocycles. The average Bonchev–Trinajstić information content (AvgIpc) is 3.17. The third kappa shape index (κ3) is 6.32. The van der Waals surface area contributed by atoms with Crippen molar-refractivity contribution in [3.05, 3.63) is 92.3 Å². The Balaban J connectivity index is 1.49. The van der Waals surface area contributed by atoms with Gasteiger partial charge in [0.05, 0.1) is 23.1 Å². The Kier molecular flexibility index (Phi) is 8.99. The van der Waals surface area contributed by atoms with Gasteiger partial charge < -0.3 is 14.8 Å². The molecule has 0 saturated carbocycles. The van der Waals surface area contributed by atoms with Crippen molar-refractivity contribution in [2.24, 2.45) is 0 Å². The van der Waals surface area contributed by atoms with Gasteiger partial charge >= 0.3 is 0 Å². The van der Waals surface area contributed by atoms with Gasteiger partial charge in [0.15, 0.2) is 18.1 Å². The van der Waals surface area contributed by atoms with Gasteiger partial charge in [0.2, 0.25) is 0 Å². The first-order valence-corrected chi connectivity index (χ1v) is 13.5. The number of thioether (sulfide) groups is 1. The predicted molar refractivity (Wildman–Crippen MR) is 158 cm³/mol. The van der Waals surface area contributed by atoms with Crippen molar-refractivity contribution in [1.29, 1.82) is 0 Å². The Labute approximate surface area is 240 Å². The molecule has 3 aromatic rings. The van der Waals surface area contributed by atoms with Crippen molar-refractivity contribution in [2.75, 3.05) is 19.0 Å². The molecule has 196 valence electrons. The highest BCUT2D eigenvalue weighted by atomic mass is 35.5. The lowest BCUT2D eigenvalue weighted by Gasteiger charge is -2.23. The number of anilines is 1. The Bertz CT molecular complexity index is 1430. The molecule has 0 bridgehead atoms. The van der Waals surface area contributed by atoms with Crippen LogP contribution in [0.5, 0.6) is 11.5 Å². The largest absolute Gasteiger partial charge is 0.493 e. The zero-order valence-corrected chi connectivity index (χ0v) is 23.9. The van der Waals surface area contributed by atoms with Crippen LogP contribution in [0.15, 0.2) is 65.6 Å². The van der Waals surface area contributed by atoms with Crippen molar-refractivity contribution < 1.29 is 19.1 Å². The van der Waals surface area contributed by atoms with Gasteiger partial charge in [-0.1, -0.05) is 83.6 Å². The summed E-state index contributed by atoms with van der Waals surface area (Å²) in [7, 11) is 1.47. The number of nitrogens with zero attached hydrogens (tertiary/aromatic N) is 1. The van der Waals surface area contributed by atoms with E-state index < -0.39 is 0 Å². The molecule has 0 unspecified atom stereocenters. The van der Waals surface area contributed by atoms with Crippen LogP contribution in [-0.4, -0.2) is 34.8 Å². The molecule has 38 heavy (non-hydrogen) atoms. The number of methoxy groups -OCH3 is 1. The van der Waals surface area contributed by atoms with Crippen LogP contribution in [0.25, 0.3) is 6.08 Å². The number of nitrogens with one attached hydrogen (secondary N) is 1. The lowest BCUT2D eigenvalue weighted by atomic mass is 10.1. The first kappa shape index (κ1) is 28.0. The summed E-state index contributed by atoms with van der Waals surface area (Å²) in [5.74, 6) is -0.0216. The van der Waals surface area contributed by atoms with Crippen LogP contribution in [0.3, 0.4) is 0 Å². The van der Waals surface area contributed by atoms with Crippen molar-refractivity contribution in [3.63, 3.8) is 0 Å². The maximum atomic E-state index is 13.2. The lowest BCUT2D eigenvalue weighted by Crippen LogP contribution is -2.30. The number of ether oxygens (including phenoxy) is 2. The topological polar surface area (TPSA) is 67.9 Å². The second-order valence-electron chi connectivity index (χ2n) is 8.47. The molecule has 1 fully saturated rings. The van der Waals surface area contributed by atoms with Gasteiger partial charge in [-0.25, -0.2) is 0 Å². The molecular weight excluding hydrogens is 563 g/mol. The van der Waals surface area contributed by atoms with E-state index in [-0.39, 0.29) is 35.2 Å². The van der Waals surface area contributed by atoms with Gasteiger partial charge in [-0.15, -0.1) is 0 Å². The number of hydrogen-bond donors (Lipinski definition) is 1. The monoisotopic (exact) mass is 586 g/mol. The first-order valence-electron chi connectivity index (χ1n) is 11.6. The molecule has 10 heteroatoms. The smallest absolute Gasteiger partial charge is 0.266 e. The summed E-state index contributed by atoms with van der Waals surface area (Å²) in [5, 5.41) is 3.52. The van der Waals surface area contributed by atoms with Gasteiger partial charge in [-0.05, 0) is 60.9 Å². The van der Waals surface area contributed by atoms with Crippen LogP contribution in [0.1, 0.15) is 29.7 Å². The van der Waals surface area contributed by atoms with Crippen LogP contribution >= 0.6 is 47.2 Å². The second kappa shape index (κ2) is 12.2. The van der Waals surface area contributed by atoms with E-state index in [9.17, 15) is 9.59 Å².